The third kappa shape index (κ3) is 4.15. The van der Waals surface area contributed by atoms with Crippen molar-refractivity contribution in [2.75, 3.05) is 5.75 Å². The second-order valence-electron chi connectivity index (χ2n) is 12.2. The van der Waals surface area contributed by atoms with Crippen molar-refractivity contribution in [2.45, 2.75) is 109 Å². The van der Waals surface area contributed by atoms with Gasteiger partial charge in [0.15, 0.2) is 0 Å². The molecule has 0 aromatic carbocycles. The van der Waals surface area contributed by atoms with Gasteiger partial charge in [0.05, 0.1) is 23.9 Å². The van der Waals surface area contributed by atoms with Crippen LogP contribution in [-0.4, -0.2) is 55.3 Å². The van der Waals surface area contributed by atoms with Gasteiger partial charge < -0.3 is 20.4 Å². The zero-order valence-corrected chi connectivity index (χ0v) is 21.4. The number of thioether (sulfide) groups is 1. The Morgan fingerprint density at radius 2 is 1.84 bits per heavy atom. The molecule has 4 nitrogen and oxygen atoms in total. The Hall–Kier alpha value is -0.330. The standard InChI is InChI=1S/C27H44O4S/c1-16(32-12-6-10-25(2,3)31)24-22(29)15-21-19-8-7-17-13-18(28)14-23(30)27(17,5)20(19)9-11-26(21,24)4/h7-8,16,18,20-24,28-31H,6,9-15H2,1-5H3/t16?,18-,20+,21+,22+,23+,24+,26+,27+/m1/s1. The van der Waals surface area contributed by atoms with Crippen LogP contribution in [0.3, 0.4) is 0 Å². The molecular formula is C27H44O4S. The van der Waals surface area contributed by atoms with E-state index in [2.05, 4.69) is 32.9 Å². The van der Waals surface area contributed by atoms with Crippen molar-refractivity contribution in [3.05, 3.63) is 23.3 Å². The van der Waals surface area contributed by atoms with Gasteiger partial charge in [-0.3, -0.25) is 0 Å². The van der Waals surface area contributed by atoms with Crippen molar-refractivity contribution in [1.29, 1.82) is 0 Å². The van der Waals surface area contributed by atoms with Crippen LogP contribution in [0.5, 0.6) is 0 Å². The van der Waals surface area contributed by atoms with Crippen LogP contribution in [0, 0.1) is 28.6 Å². The first-order valence-corrected chi connectivity index (χ1v) is 13.7. The first kappa shape index (κ1) is 24.8. The SMILES string of the molecule is CC(SCCCC(C)(C)O)[C@H]1[C@@H](O)C[C@H]2C3=CC=C4C[C@@H](O)C[C@H](O)[C@]4(C)[C@H]3CC[C@@]21C. The fourth-order valence-electron chi connectivity index (χ4n) is 7.83. The Balaban J connectivity index is 1.52. The first-order valence-electron chi connectivity index (χ1n) is 12.7. The monoisotopic (exact) mass is 464 g/mol. The maximum Gasteiger partial charge on any atom is 0.0661 e. The molecule has 0 aliphatic heterocycles. The molecular weight excluding hydrogens is 420 g/mol. The van der Waals surface area contributed by atoms with E-state index >= 15 is 0 Å². The van der Waals surface area contributed by atoms with Crippen molar-refractivity contribution in [3.63, 3.8) is 0 Å². The molecule has 0 aromatic rings. The third-order valence-corrected chi connectivity index (χ3v) is 10.9. The van der Waals surface area contributed by atoms with Gasteiger partial charge in [-0.2, -0.15) is 11.8 Å². The molecule has 1 unspecified atom stereocenters. The van der Waals surface area contributed by atoms with Crippen molar-refractivity contribution in [2.24, 2.45) is 28.6 Å². The van der Waals surface area contributed by atoms with E-state index in [4.69, 9.17) is 0 Å². The zero-order valence-electron chi connectivity index (χ0n) is 20.6. The largest absolute Gasteiger partial charge is 0.393 e. The topological polar surface area (TPSA) is 80.9 Å². The predicted octanol–water partition coefficient (Wildman–Crippen LogP) is 4.46. The van der Waals surface area contributed by atoms with Gasteiger partial charge in [0, 0.05) is 23.0 Å². The molecule has 0 spiro atoms. The Bertz CT molecular complexity index is 770. The van der Waals surface area contributed by atoms with Gasteiger partial charge in [0.2, 0.25) is 0 Å². The van der Waals surface area contributed by atoms with Crippen molar-refractivity contribution in [3.8, 4) is 0 Å². The van der Waals surface area contributed by atoms with Crippen LogP contribution in [-0.2, 0) is 0 Å². The summed E-state index contributed by atoms with van der Waals surface area (Å²) in [5.74, 6) is 1.94. The average molecular weight is 465 g/mol. The molecule has 0 radical (unpaired) electrons. The van der Waals surface area contributed by atoms with Crippen molar-refractivity contribution < 1.29 is 20.4 Å². The lowest BCUT2D eigenvalue weighted by Crippen LogP contribution is -2.52. The number of rotatable bonds is 6. The van der Waals surface area contributed by atoms with Gasteiger partial charge in [-0.05, 0) is 75.4 Å². The van der Waals surface area contributed by atoms with Gasteiger partial charge in [-0.15, -0.1) is 0 Å². The summed E-state index contributed by atoms with van der Waals surface area (Å²) in [6, 6.07) is 0. The predicted molar refractivity (Wildman–Crippen MR) is 131 cm³/mol. The number of allylic oxidation sites excluding steroid dienone is 3. The lowest BCUT2D eigenvalue weighted by molar-refractivity contribution is -0.0534. The van der Waals surface area contributed by atoms with Crippen LogP contribution in [0.1, 0.15) is 79.6 Å². The lowest BCUT2D eigenvalue weighted by Gasteiger charge is -2.56. The van der Waals surface area contributed by atoms with E-state index in [-0.39, 0.29) is 22.9 Å². The molecule has 0 aromatic heterocycles. The highest BCUT2D eigenvalue weighted by atomic mass is 32.2. The van der Waals surface area contributed by atoms with E-state index in [1.165, 1.54) is 11.1 Å². The zero-order chi connectivity index (χ0) is 23.5. The molecule has 0 bridgehead atoms. The summed E-state index contributed by atoms with van der Waals surface area (Å²) in [7, 11) is 0. The van der Waals surface area contributed by atoms with E-state index in [0.717, 1.165) is 37.9 Å². The minimum Gasteiger partial charge on any atom is -0.393 e. The number of hydrogen-bond donors (Lipinski definition) is 4. The molecule has 5 heteroatoms. The lowest BCUT2D eigenvalue weighted by atomic mass is 9.49. The smallest absolute Gasteiger partial charge is 0.0661 e. The van der Waals surface area contributed by atoms with Crippen LogP contribution in [0.4, 0.5) is 0 Å². The Kier molecular flexibility index (Phi) is 6.75. The van der Waals surface area contributed by atoms with E-state index in [9.17, 15) is 20.4 Å². The highest BCUT2D eigenvalue weighted by Gasteiger charge is 2.61. The molecule has 32 heavy (non-hydrogen) atoms. The molecule has 4 N–H and O–H groups in total. The number of aliphatic hydroxyl groups excluding tert-OH is 3. The third-order valence-electron chi connectivity index (χ3n) is 9.58. The fraction of sp³-hybridized carbons (Fsp3) is 0.852. The summed E-state index contributed by atoms with van der Waals surface area (Å²) in [6.45, 7) is 10.6. The number of aliphatic hydroxyl groups is 4. The molecule has 4 aliphatic rings. The normalized spacial score (nSPS) is 44.8. The molecule has 3 fully saturated rings. The molecule has 0 amide bonds. The summed E-state index contributed by atoms with van der Waals surface area (Å²) in [6.07, 6.45) is 9.07. The Morgan fingerprint density at radius 1 is 1.12 bits per heavy atom. The molecule has 4 rings (SSSR count). The highest BCUT2D eigenvalue weighted by Crippen LogP contribution is 2.66. The van der Waals surface area contributed by atoms with Crippen LogP contribution in [0.2, 0.25) is 0 Å². The maximum absolute atomic E-state index is 11.2. The second kappa shape index (κ2) is 8.71. The van der Waals surface area contributed by atoms with Crippen LogP contribution < -0.4 is 0 Å². The summed E-state index contributed by atoms with van der Waals surface area (Å²) in [4.78, 5) is 0. The average Bonchev–Trinajstić information content (AvgIpc) is 2.96. The fourth-order valence-corrected chi connectivity index (χ4v) is 9.21. The molecule has 4 aliphatic carbocycles. The first-order chi connectivity index (χ1) is 14.9. The van der Waals surface area contributed by atoms with Gasteiger partial charge in [-0.25, -0.2) is 0 Å². The molecule has 0 saturated heterocycles. The number of hydrogen-bond acceptors (Lipinski definition) is 5. The van der Waals surface area contributed by atoms with Crippen LogP contribution in [0.25, 0.3) is 0 Å². The summed E-state index contributed by atoms with van der Waals surface area (Å²) in [5, 5.41) is 42.9. The van der Waals surface area contributed by atoms with Crippen molar-refractivity contribution in [1.82, 2.24) is 0 Å². The number of fused-ring (bicyclic) bond motifs is 5. The Labute approximate surface area is 198 Å². The van der Waals surface area contributed by atoms with E-state index in [1.807, 2.05) is 25.6 Å². The molecule has 3 saturated carbocycles. The molecule has 182 valence electrons. The van der Waals surface area contributed by atoms with Gasteiger partial charge in [0.1, 0.15) is 0 Å². The maximum atomic E-state index is 11.2. The molecule has 0 heterocycles. The van der Waals surface area contributed by atoms with Crippen LogP contribution >= 0.6 is 11.8 Å². The van der Waals surface area contributed by atoms with E-state index in [1.54, 1.807) is 0 Å². The van der Waals surface area contributed by atoms with Crippen LogP contribution in [0.15, 0.2) is 23.3 Å². The second-order valence-corrected chi connectivity index (χ2v) is 13.7. The summed E-state index contributed by atoms with van der Waals surface area (Å²) in [5.41, 5.74) is 1.81. The summed E-state index contributed by atoms with van der Waals surface area (Å²) < 4.78 is 0. The minimum absolute atomic E-state index is 0.0747. The van der Waals surface area contributed by atoms with E-state index in [0.29, 0.717) is 29.9 Å². The minimum atomic E-state index is -0.609. The summed E-state index contributed by atoms with van der Waals surface area (Å²) >= 11 is 1.95. The van der Waals surface area contributed by atoms with E-state index < -0.39 is 17.8 Å². The van der Waals surface area contributed by atoms with Crippen molar-refractivity contribution >= 4 is 11.8 Å². The van der Waals surface area contributed by atoms with Gasteiger partial charge in [-0.1, -0.05) is 44.1 Å². The highest BCUT2D eigenvalue weighted by molar-refractivity contribution is 7.99. The molecule has 9 atom stereocenters. The Morgan fingerprint density at radius 3 is 2.53 bits per heavy atom. The quantitative estimate of drug-likeness (QED) is 0.436. The van der Waals surface area contributed by atoms with Gasteiger partial charge in [0.25, 0.3) is 0 Å². The van der Waals surface area contributed by atoms with Gasteiger partial charge >= 0.3 is 0 Å².